The first-order chi connectivity index (χ1) is 12.0. The summed E-state index contributed by atoms with van der Waals surface area (Å²) in [4.78, 5) is 18.2. The number of carbonyl (C=O) groups is 1. The molecule has 0 fully saturated rings. The molecule has 2 aromatic rings. The number of hydrogen-bond donors (Lipinski definition) is 2. The fraction of sp³-hybridized carbons (Fsp3) is 0.400. The van der Waals surface area contributed by atoms with Crippen molar-refractivity contribution in [3.05, 3.63) is 66.0 Å². The van der Waals surface area contributed by atoms with Crippen LogP contribution in [0.15, 0.2) is 54.9 Å². The Hall–Kier alpha value is -2.40. The Morgan fingerprint density at radius 1 is 1.12 bits per heavy atom. The van der Waals surface area contributed by atoms with E-state index in [-0.39, 0.29) is 18.0 Å². The minimum Gasteiger partial charge on any atom is -0.393 e. The van der Waals surface area contributed by atoms with Gasteiger partial charge in [0.25, 0.3) is 0 Å². The zero-order chi connectivity index (χ0) is 18.2. The molecule has 25 heavy (non-hydrogen) atoms. The van der Waals surface area contributed by atoms with E-state index in [0.29, 0.717) is 13.0 Å². The van der Waals surface area contributed by atoms with E-state index in [1.807, 2.05) is 49.4 Å². The van der Waals surface area contributed by atoms with Crippen LogP contribution in [0.25, 0.3) is 0 Å². The molecule has 1 heterocycles. The number of pyridine rings is 1. The van der Waals surface area contributed by atoms with E-state index in [4.69, 9.17) is 0 Å². The van der Waals surface area contributed by atoms with E-state index in [9.17, 15) is 9.90 Å². The number of benzene rings is 1. The fourth-order valence-electron chi connectivity index (χ4n) is 2.85. The molecule has 0 aliphatic carbocycles. The highest BCUT2D eigenvalue weighted by molar-refractivity contribution is 5.74. The van der Waals surface area contributed by atoms with E-state index in [0.717, 1.165) is 11.1 Å². The zero-order valence-corrected chi connectivity index (χ0v) is 15.1. The van der Waals surface area contributed by atoms with Crippen LogP contribution in [0.4, 0.5) is 4.79 Å². The number of amides is 2. The van der Waals surface area contributed by atoms with Crippen molar-refractivity contribution in [3.63, 3.8) is 0 Å². The topological polar surface area (TPSA) is 65.5 Å². The van der Waals surface area contributed by atoms with Gasteiger partial charge in [0.2, 0.25) is 0 Å². The normalized spacial score (nSPS) is 14.4. The van der Waals surface area contributed by atoms with Gasteiger partial charge < -0.3 is 15.3 Å². The van der Waals surface area contributed by atoms with Crippen LogP contribution in [0, 0.1) is 0 Å². The van der Waals surface area contributed by atoms with Crippen molar-refractivity contribution in [1.82, 2.24) is 15.2 Å². The van der Waals surface area contributed by atoms with E-state index < -0.39 is 6.10 Å². The maximum Gasteiger partial charge on any atom is 0.317 e. The Bertz CT molecular complexity index is 647. The molecule has 5 heteroatoms. The average Bonchev–Trinajstić information content (AvgIpc) is 2.64. The monoisotopic (exact) mass is 341 g/mol. The second-order valence-corrected chi connectivity index (χ2v) is 6.45. The highest BCUT2D eigenvalue weighted by Crippen LogP contribution is 2.21. The van der Waals surface area contributed by atoms with Crippen LogP contribution in [0.1, 0.15) is 43.4 Å². The van der Waals surface area contributed by atoms with Crippen LogP contribution < -0.4 is 5.32 Å². The number of carbonyl (C=O) groups excluding carboxylic acids is 1. The predicted octanol–water partition coefficient (Wildman–Crippen LogP) is 3.34. The third-order valence-electron chi connectivity index (χ3n) is 4.49. The second kappa shape index (κ2) is 9.18. The molecule has 1 aromatic carbocycles. The molecule has 5 nitrogen and oxygen atoms in total. The number of urea groups is 1. The SMILES string of the molecule is CC(O)CC(CNC(=O)N(C)C(C)c1ccncc1)c1ccccc1. The summed E-state index contributed by atoms with van der Waals surface area (Å²) in [5.41, 5.74) is 2.16. The fourth-order valence-corrected chi connectivity index (χ4v) is 2.85. The van der Waals surface area contributed by atoms with Crippen LogP contribution in [0.5, 0.6) is 0 Å². The number of aliphatic hydroxyl groups excluding tert-OH is 1. The van der Waals surface area contributed by atoms with E-state index in [1.54, 1.807) is 31.3 Å². The molecule has 2 amide bonds. The van der Waals surface area contributed by atoms with Gasteiger partial charge in [-0.2, -0.15) is 0 Å². The lowest BCUT2D eigenvalue weighted by Gasteiger charge is -2.27. The average molecular weight is 341 g/mol. The Morgan fingerprint density at radius 2 is 1.76 bits per heavy atom. The van der Waals surface area contributed by atoms with Crippen molar-refractivity contribution in [1.29, 1.82) is 0 Å². The van der Waals surface area contributed by atoms with E-state index in [2.05, 4.69) is 10.3 Å². The van der Waals surface area contributed by atoms with Gasteiger partial charge >= 0.3 is 6.03 Å². The molecule has 0 saturated heterocycles. The Balaban J connectivity index is 1.98. The van der Waals surface area contributed by atoms with Crippen LogP contribution in [-0.4, -0.2) is 40.7 Å². The highest BCUT2D eigenvalue weighted by Gasteiger charge is 2.20. The highest BCUT2D eigenvalue weighted by atomic mass is 16.3. The molecular formula is C20H27N3O2. The molecule has 3 atom stereocenters. The lowest BCUT2D eigenvalue weighted by atomic mass is 9.93. The smallest absolute Gasteiger partial charge is 0.317 e. The van der Waals surface area contributed by atoms with Crippen LogP contribution in [0.3, 0.4) is 0 Å². The maximum atomic E-state index is 12.5. The van der Waals surface area contributed by atoms with Gasteiger partial charge in [-0.3, -0.25) is 4.98 Å². The van der Waals surface area contributed by atoms with Crippen LogP contribution >= 0.6 is 0 Å². The first-order valence-corrected chi connectivity index (χ1v) is 8.62. The molecule has 0 spiro atoms. The lowest BCUT2D eigenvalue weighted by Crippen LogP contribution is -2.40. The van der Waals surface area contributed by atoms with E-state index >= 15 is 0 Å². The van der Waals surface area contributed by atoms with Crippen molar-refractivity contribution in [3.8, 4) is 0 Å². The van der Waals surface area contributed by atoms with Crippen molar-refractivity contribution in [2.45, 2.75) is 38.3 Å². The quantitative estimate of drug-likeness (QED) is 0.812. The van der Waals surface area contributed by atoms with Gasteiger partial charge in [-0.1, -0.05) is 30.3 Å². The molecule has 0 radical (unpaired) electrons. The third kappa shape index (κ3) is 5.57. The standard InChI is InChI=1S/C20H27N3O2/c1-15(24)13-19(18-7-5-4-6-8-18)14-22-20(25)23(3)16(2)17-9-11-21-12-10-17/h4-12,15-16,19,24H,13-14H2,1-3H3,(H,22,25). The van der Waals surface area contributed by atoms with Gasteiger partial charge in [0.15, 0.2) is 0 Å². The number of hydrogen-bond acceptors (Lipinski definition) is 3. The summed E-state index contributed by atoms with van der Waals surface area (Å²) in [5, 5.41) is 12.8. The van der Waals surface area contributed by atoms with Crippen molar-refractivity contribution < 1.29 is 9.90 Å². The van der Waals surface area contributed by atoms with Gasteiger partial charge in [-0.05, 0) is 43.5 Å². The summed E-state index contributed by atoms with van der Waals surface area (Å²) >= 11 is 0. The lowest BCUT2D eigenvalue weighted by molar-refractivity contribution is 0.170. The molecule has 3 unspecified atom stereocenters. The summed E-state index contributed by atoms with van der Waals surface area (Å²) in [6, 6.07) is 13.6. The summed E-state index contributed by atoms with van der Waals surface area (Å²) in [7, 11) is 1.78. The Morgan fingerprint density at radius 3 is 2.36 bits per heavy atom. The van der Waals surface area contributed by atoms with Crippen molar-refractivity contribution >= 4 is 6.03 Å². The van der Waals surface area contributed by atoms with Gasteiger partial charge in [-0.25, -0.2) is 4.79 Å². The molecule has 2 N–H and O–H groups in total. The first-order valence-electron chi connectivity index (χ1n) is 8.62. The molecular weight excluding hydrogens is 314 g/mol. The van der Waals surface area contributed by atoms with Crippen LogP contribution in [-0.2, 0) is 0 Å². The number of nitrogens with zero attached hydrogens (tertiary/aromatic N) is 2. The predicted molar refractivity (Wildman–Crippen MR) is 99.3 cm³/mol. The second-order valence-electron chi connectivity index (χ2n) is 6.45. The van der Waals surface area contributed by atoms with Crippen molar-refractivity contribution in [2.24, 2.45) is 0 Å². The largest absolute Gasteiger partial charge is 0.393 e. The van der Waals surface area contributed by atoms with E-state index in [1.165, 1.54) is 0 Å². The zero-order valence-electron chi connectivity index (χ0n) is 15.1. The first kappa shape index (κ1) is 18.9. The number of rotatable bonds is 7. The molecule has 2 rings (SSSR count). The van der Waals surface area contributed by atoms with Gasteiger partial charge in [0.05, 0.1) is 12.1 Å². The minimum absolute atomic E-state index is 0.0464. The Kier molecular flexibility index (Phi) is 6.95. The summed E-state index contributed by atoms with van der Waals surface area (Å²) in [5.74, 6) is 0.0785. The molecule has 0 bridgehead atoms. The molecule has 0 aliphatic heterocycles. The minimum atomic E-state index is -0.421. The summed E-state index contributed by atoms with van der Waals surface area (Å²) in [6.07, 6.45) is 3.64. The van der Waals surface area contributed by atoms with Crippen molar-refractivity contribution in [2.75, 3.05) is 13.6 Å². The molecule has 134 valence electrons. The third-order valence-corrected chi connectivity index (χ3v) is 4.49. The number of nitrogens with one attached hydrogen (secondary N) is 1. The van der Waals surface area contributed by atoms with Crippen LogP contribution in [0.2, 0.25) is 0 Å². The maximum absolute atomic E-state index is 12.5. The number of aromatic nitrogens is 1. The van der Waals surface area contributed by atoms with Gasteiger partial charge in [-0.15, -0.1) is 0 Å². The number of aliphatic hydroxyl groups is 1. The van der Waals surface area contributed by atoms with Gasteiger partial charge in [0, 0.05) is 31.9 Å². The molecule has 0 aliphatic rings. The molecule has 1 aromatic heterocycles. The summed E-state index contributed by atoms with van der Waals surface area (Å²) in [6.45, 7) is 4.25. The van der Waals surface area contributed by atoms with Gasteiger partial charge in [0.1, 0.15) is 0 Å². The summed E-state index contributed by atoms with van der Waals surface area (Å²) < 4.78 is 0. The molecule has 0 saturated carbocycles. The Labute approximate surface area is 149 Å².